The van der Waals surface area contributed by atoms with Gasteiger partial charge in [0.1, 0.15) is 12.7 Å². The lowest BCUT2D eigenvalue weighted by molar-refractivity contribution is -0.130. The summed E-state index contributed by atoms with van der Waals surface area (Å²) in [4.78, 5) is 28.6. The van der Waals surface area contributed by atoms with Crippen LogP contribution in [0.5, 0.6) is 0 Å². The number of carbonyl (C=O) groups is 2. The van der Waals surface area contributed by atoms with Crippen molar-refractivity contribution in [3.63, 3.8) is 0 Å². The number of aromatic nitrogens is 3. The number of esters is 1. The van der Waals surface area contributed by atoms with E-state index in [4.69, 9.17) is 4.74 Å². The van der Waals surface area contributed by atoms with E-state index < -0.39 is 5.97 Å². The van der Waals surface area contributed by atoms with E-state index in [0.717, 1.165) is 42.7 Å². The lowest BCUT2D eigenvalue weighted by atomic mass is 9.53. The van der Waals surface area contributed by atoms with E-state index in [1.807, 2.05) is 0 Å². The molecule has 4 fully saturated rings. The van der Waals surface area contributed by atoms with Crippen molar-refractivity contribution in [2.45, 2.75) is 44.1 Å². The van der Waals surface area contributed by atoms with E-state index in [9.17, 15) is 9.59 Å². The topological polar surface area (TPSA) is 86.1 Å². The molecule has 4 bridgehead atoms. The molecule has 0 aliphatic heterocycles. The molecule has 0 radical (unpaired) electrons. The Bertz CT molecular complexity index is 840. The van der Waals surface area contributed by atoms with Crippen LogP contribution in [-0.4, -0.2) is 38.8 Å². The van der Waals surface area contributed by atoms with Crippen molar-refractivity contribution >= 4 is 11.9 Å². The molecule has 28 heavy (non-hydrogen) atoms. The number of amides is 1. The highest BCUT2D eigenvalue weighted by Gasteiger charge is 2.51. The Kier molecular flexibility index (Phi) is 4.18. The van der Waals surface area contributed by atoms with Crippen LogP contribution in [0.2, 0.25) is 0 Å². The average Bonchev–Trinajstić information content (AvgIpc) is 3.19. The highest BCUT2D eigenvalue weighted by Crippen LogP contribution is 2.55. The number of hydrogen-bond donors (Lipinski definition) is 1. The first-order valence-electron chi connectivity index (χ1n) is 10.0. The van der Waals surface area contributed by atoms with Gasteiger partial charge in [0.15, 0.2) is 6.61 Å². The molecule has 1 heterocycles. The number of rotatable bonds is 5. The fourth-order valence-electron chi connectivity index (χ4n) is 5.90. The van der Waals surface area contributed by atoms with Gasteiger partial charge in [-0.2, -0.15) is 5.10 Å². The first kappa shape index (κ1) is 17.4. The van der Waals surface area contributed by atoms with Crippen molar-refractivity contribution in [2.75, 3.05) is 6.61 Å². The fraction of sp³-hybridized carbons (Fsp3) is 0.524. The molecule has 6 rings (SSSR count). The van der Waals surface area contributed by atoms with Crippen LogP contribution in [-0.2, 0) is 9.53 Å². The molecule has 1 aromatic heterocycles. The summed E-state index contributed by atoms with van der Waals surface area (Å²) >= 11 is 0. The molecule has 2 aromatic rings. The molecule has 146 valence electrons. The van der Waals surface area contributed by atoms with E-state index >= 15 is 0 Å². The Hall–Kier alpha value is -2.70. The van der Waals surface area contributed by atoms with E-state index in [0.29, 0.717) is 5.56 Å². The van der Waals surface area contributed by atoms with E-state index in [1.54, 1.807) is 35.3 Å². The van der Waals surface area contributed by atoms with Crippen LogP contribution in [0.4, 0.5) is 0 Å². The van der Waals surface area contributed by atoms with Crippen LogP contribution < -0.4 is 5.32 Å². The third-order valence-corrected chi connectivity index (χ3v) is 6.56. The van der Waals surface area contributed by atoms with Gasteiger partial charge < -0.3 is 10.1 Å². The number of nitrogens with zero attached hydrogens (tertiary/aromatic N) is 3. The number of hydrogen-bond acceptors (Lipinski definition) is 5. The number of nitrogens with one attached hydrogen (secondary N) is 1. The molecule has 4 aliphatic rings. The maximum Gasteiger partial charge on any atom is 0.338 e. The summed E-state index contributed by atoms with van der Waals surface area (Å²) in [5.74, 6) is 1.60. The third kappa shape index (κ3) is 3.30. The highest BCUT2D eigenvalue weighted by atomic mass is 16.5. The summed E-state index contributed by atoms with van der Waals surface area (Å²) < 4.78 is 6.85. The average molecular weight is 380 g/mol. The molecule has 0 atom stereocenters. The molecular formula is C21H24N4O3. The third-order valence-electron chi connectivity index (χ3n) is 6.56. The van der Waals surface area contributed by atoms with Gasteiger partial charge in [-0.05, 0) is 80.5 Å². The first-order chi connectivity index (χ1) is 13.6. The normalized spacial score (nSPS) is 30.2. The minimum absolute atomic E-state index is 0.0578. The second-order valence-electron chi connectivity index (χ2n) is 8.71. The minimum atomic E-state index is -0.495. The summed E-state index contributed by atoms with van der Waals surface area (Å²) in [6, 6.07) is 6.86. The molecule has 4 saturated carbocycles. The summed E-state index contributed by atoms with van der Waals surface area (Å²) in [6.45, 7) is -0.231. The van der Waals surface area contributed by atoms with Crippen molar-refractivity contribution in [3.8, 4) is 5.69 Å². The van der Waals surface area contributed by atoms with Crippen LogP contribution in [0.1, 0.15) is 48.9 Å². The Morgan fingerprint density at radius 1 is 1.07 bits per heavy atom. The van der Waals surface area contributed by atoms with Gasteiger partial charge in [-0.3, -0.25) is 4.79 Å². The lowest BCUT2D eigenvalue weighted by Crippen LogP contribution is -2.60. The van der Waals surface area contributed by atoms with E-state index in [2.05, 4.69) is 15.4 Å². The molecule has 0 spiro atoms. The Labute approximate surface area is 163 Å². The summed E-state index contributed by atoms with van der Waals surface area (Å²) in [5.41, 5.74) is 1.15. The van der Waals surface area contributed by atoms with Gasteiger partial charge in [0.2, 0.25) is 0 Å². The van der Waals surface area contributed by atoms with E-state index in [1.165, 1.54) is 25.6 Å². The van der Waals surface area contributed by atoms with Gasteiger partial charge in [-0.1, -0.05) is 0 Å². The smallest absolute Gasteiger partial charge is 0.338 e. The van der Waals surface area contributed by atoms with Crippen molar-refractivity contribution in [1.29, 1.82) is 0 Å². The van der Waals surface area contributed by atoms with Gasteiger partial charge in [-0.25, -0.2) is 14.5 Å². The second kappa shape index (κ2) is 6.72. The summed E-state index contributed by atoms with van der Waals surface area (Å²) in [5, 5.41) is 7.27. The number of benzene rings is 1. The largest absolute Gasteiger partial charge is 0.452 e. The molecule has 7 heteroatoms. The maximum absolute atomic E-state index is 12.5. The molecule has 0 saturated heterocycles. The summed E-state index contributed by atoms with van der Waals surface area (Å²) in [7, 11) is 0. The second-order valence-corrected chi connectivity index (χ2v) is 8.71. The molecule has 1 amide bonds. The van der Waals surface area contributed by atoms with Crippen molar-refractivity contribution in [3.05, 3.63) is 42.5 Å². The van der Waals surface area contributed by atoms with Gasteiger partial charge in [0.25, 0.3) is 5.91 Å². The standard InChI is InChI=1S/C21H24N4O3/c26-19(24-21-8-14-5-15(9-21)7-16(6-14)10-21)11-28-20(27)17-1-3-18(4-2-17)25-13-22-12-23-25/h1-4,12-16H,5-11H2,(H,24,26). The Morgan fingerprint density at radius 2 is 1.71 bits per heavy atom. The zero-order valence-corrected chi connectivity index (χ0v) is 15.7. The predicted octanol–water partition coefficient (Wildman–Crippen LogP) is 2.51. The van der Waals surface area contributed by atoms with E-state index in [-0.39, 0.29) is 18.1 Å². The summed E-state index contributed by atoms with van der Waals surface area (Å²) in [6.07, 6.45) is 10.3. The lowest BCUT2D eigenvalue weighted by Gasteiger charge is -2.56. The van der Waals surface area contributed by atoms with Gasteiger partial charge in [-0.15, -0.1) is 0 Å². The SMILES string of the molecule is O=C(COC(=O)c1ccc(-n2cncn2)cc1)NC12CC3CC(CC(C3)C1)C2. The monoisotopic (exact) mass is 380 g/mol. The Balaban J connectivity index is 1.16. The van der Waals surface area contributed by atoms with Gasteiger partial charge in [0, 0.05) is 5.54 Å². The van der Waals surface area contributed by atoms with Crippen LogP contribution in [0.15, 0.2) is 36.9 Å². The minimum Gasteiger partial charge on any atom is -0.452 e. The zero-order chi connectivity index (χ0) is 19.1. The van der Waals surface area contributed by atoms with Crippen molar-refractivity contribution < 1.29 is 14.3 Å². The predicted molar refractivity (Wildman–Crippen MR) is 101 cm³/mol. The molecule has 4 aliphatic carbocycles. The molecule has 1 N–H and O–H groups in total. The highest BCUT2D eigenvalue weighted by molar-refractivity contribution is 5.91. The van der Waals surface area contributed by atoms with Gasteiger partial charge >= 0.3 is 5.97 Å². The van der Waals surface area contributed by atoms with Crippen LogP contribution in [0.3, 0.4) is 0 Å². The van der Waals surface area contributed by atoms with Crippen LogP contribution in [0, 0.1) is 17.8 Å². The molecule has 1 aromatic carbocycles. The molecular weight excluding hydrogens is 356 g/mol. The zero-order valence-electron chi connectivity index (χ0n) is 15.7. The first-order valence-corrected chi connectivity index (χ1v) is 10.0. The van der Waals surface area contributed by atoms with Crippen molar-refractivity contribution in [1.82, 2.24) is 20.1 Å². The molecule has 7 nitrogen and oxygen atoms in total. The fourth-order valence-corrected chi connectivity index (χ4v) is 5.90. The maximum atomic E-state index is 12.5. The van der Waals surface area contributed by atoms with Gasteiger partial charge in [0.05, 0.1) is 11.3 Å². The Morgan fingerprint density at radius 3 is 2.29 bits per heavy atom. The molecule has 0 unspecified atom stereocenters. The number of carbonyl (C=O) groups excluding carboxylic acids is 2. The quantitative estimate of drug-likeness (QED) is 0.806. The number of ether oxygens (including phenoxy) is 1. The van der Waals surface area contributed by atoms with Crippen LogP contribution in [0.25, 0.3) is 5.69 Å². The van der Waals surface area contributed by atoms with Crippen LogP contribution >= 0.6 is 0 Å². The van der Waals surface area contributed by atoms with Crippen molar-refractivity contribution in [2.24, 2.45) is 17.8 Å².